The number of halogens is 2. The van der Waals surface area contributed by atoms with Gasteiger partial charge in [-0.05, 0) is 24.3 Å². The number of ether oxygens (including phenoxy) is 1. The number of carbonyl (C=O) groups excluding carboxylic acids is 3. The lowest BCUT2D eigenvalue weighted by atomic mass is 10.2. The van der Waals surface area contributed by atoms with Crippen LogP contribution in [-0.2, 0) is 9.59 Å². The van der Waals surface area contributed by atoms with Crippen molar-refractivity contribution in [1.29, 1.82) is 0 Å². The third kappa shape index (κ3) is 5.65. The summed E-state index contributed by atoms with van der Waals surface area (Å²) in [6, 6.07) is 13.0. The highest BCUT2D eigenvalue weighted by atomic mass is 35.5. The second kappa shape index (κ2) is 9.65. The fraction of sp³-hybridized carbons (Fsp3) is 0.118. The summed E-state index contributed by atoms with van der Waals surface area (Å²) >= 11 is 11.4. The van der Waals surface area contributed by atoms with Crippen molar-refractivity contribution in [3.63, 3.8) is 0 Å². The predicted molar refractivity (Wildman–Crippen MR) is 98.3 cm³/mol. The molecule has 26 heavy (non-hydrogen) atoms. The van der Waals surface area contributed by atoms with Gasteiger partial charge < -0.3 is 10.1 Å². The highest BCUT2D eigenvalue weighted by Gasteiger charge is 2.12. The zero-order valence-electron chi connectivity index (χ0n) is 13.4. The lowest BCUT2D eigenvalue weighted by Crippen LogP contribution is -2.43. The van der Waals surface area contributed by atoms with E-state index in [4.69, 9.17) is 27.9 Å². The van der Waals surface area contributed by atoms with Crippen molar-refractivity contribution in [2.75, 3.05) is 17.8 Å². The van der Waals surface area contributed by atoms with Crippen LogP contribution in [0.2, 0.25) is 5.02 Å². The second-order valence-electron chi connectivity index (χ2n) is 4.95. The predicted octanol–water partition coefficient (Wildman–Crippen LogP) is 2.36. The summed E-state index contributed by atoms with van der Waals surface area (Å²) in [5.74, 6) is -1.47. The minimum atomic E-state index is -0.594. The first-order valence-electron chi connectivity index (χ1n) is 7.42. The maximum atomic E-state index is 11.9. The molecule has 0 aromatic heterocycles. The lowest BCUT2D eigenvalue weighted by molar-refractivity contribution is -0.123. The molecule has 0 unspecified atom stereocenters. The van der Waals surface area contributed by atoms with Crippen molar-refractivity contribution in [3.8, 4) is 5.75 Å². The molecule has 3 amide bonds. The van der Waals surface area contributed by atoms with Crippen LogP contribution in [0.4, 0.5) is 5.69 Å². The fourth-order valence-electron chi connectivity index (χ4n) is 1.90. The first kappa shape index (κ1) is 19.6. The van der Waals surface area contributed by atoms with E-state index in [1.807, 2.05) is 0 Å². The quantitative estimate of drug-likeness (QED) is 0.516. The topological polar surface area (TPSA) is 96.5 Å². The van der Waals surface area contributed by atoms with Crippen molar-refractivity contribution in [2.45, 2.75) is 0 Å². The molecule has 9 heteroatoms. The van der Waals surface area contributed by atoms with Crippen molar-refractivity contribution in [1.82, 2.24) is 10.9 Å². The number of anilines is 1. The summed E-state index contributed by atoms with van der Waals surface area (Å²) in [6.45, 7) is -0.378. The van der Waals surface area contributed by atoms with Gasteiger partial charge in [0.1, 0.15) is 11.6 Å². The van der Waals surface area contributed by atoms with Crippen LogP contribution in [0, 0.1) is 0 Å². The maximum Gasteiger partial charge on any atom is 0.276 e. The van der Waals surface area contributed by atoms with Crippen molar-refractivity contribution < 1.29 is 19.1 Å². The third-order valence-corrected chi connectivity index (χ3v) is 3.65. The van der Waals surface area contributed by atoms with E-state index in [2.05, 4.69) is 16.2 Å². The highest BCUT2D eigenvalue weighted by Crippen LogP contribution is 2.23. The van der Waals surface area contributed by atoms with E-state index >= 15 is 0 Å². The molecule has 0 fully saturated rings. The zero-order valence-corrected chi connectivity index (χ0v) is 14.9. The molecule has 0 heterocycles. The molecule has 7 nitrogen and oxygen atoms in total. The zero-order chi connectivity index (χ0) is 18.9. The molecule has 0 radical (unpaired) electrons. The van der Waals surface area contributed by atoms with Gasteiger partial charge in [-0.1, -0.05) is 35.9 Å². The van der Waals surface area contributed by atoms with Crippen LogP contribution in [0.5, 0.6) is 5.75 Å². The third-order valence-electron chi connectivity index (χ3n) is 3.08. The Morgan fingerprint density at radius 2 is 1.62 bits per heavy atom. The Balaban J connectivity index is 1.87. The molecule has 0 spiro atoms. The van der Waals surface area contributed by atoms with E-state index in [9.17, 15) is 14.4 Å². The van der Waals surface area contributed by atoms with Crippen molar-refractivity contribution >= 4 is 46.6 Å². The summed E-state index contributed by atoms with van der Waals surface area (Å²) < 4.78 is 5.36. The number of carbonyl (C=O) groups is 3. The average Bonchev–Trinajstić information content (AvgIpc) is 2.65. The van der Waals surface area contributed by atoms with E-state index in [1.54, 1.807) is 42.5 Å². The molecule has 0 bridgehead atoms. The minimum Gasteiger partial charge on any atom is -0.482 e. The van der Waals surface area contributed by atoms with Crippen molar-refractivity contribution in [3.05, 3.63) is 59.1 Å². The van der Waals surface area contributed by atoms with E-state index in [0.717, 1.165) is 0 Å². The van der Waals surface area contributed by atoms with Crippen LogP contribution < -0.4 is 20.9 Å². The maximum absolute atomic E-state index is 11.9. The number of rotatable bonds is 6. The second-order valence-corrected chi connectivity index (χ2v) is 5.62. The van der Waals surface area contributed by atoms with E-state index in [1.165, 1.54) is 6.07 Å². The molecular weight excluding hydrogens is 381 g/mol. The number of hydrogen-bond acceptors (Lipinski definition) is 4. The summed E-state index contributed by atoms with van der Waals surface area (Å²) in [5.41, 5.74) is 5.07. The fourth-order valence-corrected chi connectivity index (χ4v) is 2.19. The Morgan fingerprint density at radius 3 is 2.35 bits per heavy atom. The summed E-state index contributed by atoms with van der Waals surface area (Å²) in [7, 11) is 0. The van der Waals surface area contributed by atoms with Crippen LogP contribution in [0.15, 0.2) is 48.5 Å². The Labute approximate surface area is 159 Å². The number of nitrogens with one attached hydrogen (secondary N) is 3. The van der Waals surface area contributed by atoms with Gasteiger partial charge in [0.2, 0.25) is 5.91 Å². The van der Waals surface area contributed by atoms with Gasteiger partial charge in [-0.2, -0.15) is 0 Å². The average molecular weight is 396 g/mol. The van der Waals surface area contributed by atoms with Gasteiger partial charge in [-0.25, -0.2) is 0 Å². The first-order valence-corrected chi connectivity index (χ1v) is 8.34. The molecule has 136 valence electrons. The van der Waals surface area contributed by atoms with E-state index < -0.39 is 17.7 Å². The monoisotopic (exact) mass is 395 g/mol. The van der Waals surface area contributed by atoms with Crippen LogP contribution in [-0.4, -0.2) is 30.2 Å². The molecule has 0 aliphatic heterocycles. The molecular formula is C17H15Cl2N3O4. The molecule has 2 aromatic rings. The lowest BCUT2D eigenvalue weighted by Gasteiger charge is -2.12. The number of benzene rings is 2. The van der Waals surface area contributed by atoms with E-state index in [-0.39, 0.29) is 23.1 Å². The minimum absolute atomic E-state index is 0.205. The van der Waals surface area contributed by atoms with Crippen LogP contribution >= 0.6 is 23.2 Å². The molecule has 0 saturated carbocycles. The van der Waals surface area contributed by atoms with Gasteiger partial charge in [-0.15, -0.1) is 11.6 Å². The molecule has 0 aliphatic rings. The van der Waals surface area contributed by atoms with Gasteiger partial charge in [0.25, 0.3) is 11.8 Å². The van der Waals surface area contributed by atoms with E-state index in [0.29, 0.717) is 11.4 Å². The molecule has 0 atom stereocenters. The first-order chi connectivity index (χ1) is 12.5. The Morgan fingerprint density at radius 1 is 0.923 bits per heavy atom. The molecule has 0 saturated heterocycles. The van der Waals surface area contributed by atoms with Gasteiger partial charge in [0.05, 0.1) is 16.3 Å². The van der Waals surface area contributed by atoms with Gasteiger partial charge in [-0.3, -0.25) is 25.2 Å². The number of alkyl halides is 1. The van der Waals surface area contributed by atoms with Gasteiger partial charge in [0.15, 0.2) is 6.61 Å². The standard InChI is InChI=1S/C17H15Cl2N3O4/c18-9-15(23)20-13-7-3-4-8-14(13)26-10-16(24)21-22-17(25)11-5-1-2-6-12(11)19/h1-8H,9-10H2,(H,20,23)(H,21,24)(H,22,25). The highest BCUT2D eigenvalue weighted by molar-refractivity contribution is 6.33. The number of para-hydroxylation sites is 2. The largest absolute Gasteiger partial charge is 0.482 e. The SMILES string of the molecule is O=C(COc1ccccc1NC(=O)CCl)NNC(=O)c1ccccc1Cl. The summed E-state index contributed by atoms with van der Waals surface area (Å²) in [5, 5.41) is 2.81. The molecule has 2 aromatic carbocycles. The Hall–Kier alpha value is -2.77. The molecule has 2 rings (SSSR count). The Kier molecular flexibility index (Phi) is 7.25. The number of hydrogen-bond donors (Lipinski definition) is 3. The number of amides is 3. The van der Waals surface area contributed by atoms with Gasteiger partial charge >= 0.3 is 0 Å². The Bertz CT molecular complexity index is 814. The summed E-state index contributed by atoms with van der Waals surface area (Å²) in [4.78, 5) is 35.2. The smallest absolute Gasteiger partial charge is 0.276 e. The van der Waals surface area contributed by atoms with Gasteiger partial charge in [0, 0.05) is 0 Å². The summed E-state index contributed by atoms with van der Waals surface area (Å²) in [6.07, 6.45) is 0. The molecule has 0 aliphatic carbocycles. The number of hydrazine groups is 1. The normalized spacial score (nSPS) is 9.92. The van der Waals surface area contributed by atoms with Crippen LogP contribution in [0.25, 0.3) is 0 Å². The van der Waals surface area contributed by atoms with Crippen molar-refractivity contribution in [2.24, 2.45) is 0 Å². The van der Waals surface area contributed by atoms with Crippen LogP contribution in [0.1, 0.15) is 10.4 Å². The molecule has 3 N–H and O–H groups in total. The van der Waals surface area contributed by atoms with Crippen LogP contribution in [0.3, 0.4) is 0 Å².